The van der Waals surface area contributed by atoms with Crippen molar-refractivity contribution in [3.63, 3.8) is 0 Å². The number of rotatable bonds is 54. The van der Waals surface area contributed by atoms with Crippen LogP contribution in [0.25, 0.3) is 0 Å². The van der Waals surface area contributed by atoms with E-state index in [9.17, 15) is 14.4 Å². The first kappa shape index (κ1) is 66.1. The maximum Gasteiger partial charge on any atom is 0.306 e. The molecule has 69 heavy (non-hydrogen) atoms. The number of allylic oxidation sites excluding steroid dienone is 10. The SMILES string of the molecule is CC/C=C\C/C=C\C/C=C\C/C=C\CCCCCCCCCCCCCCCCCCC(=O)OCC(COC(=O)CCCCCCCCC)OC(=O)CCCCCCC/C=C\CCCCCCCC. The predicted octanol–water partition coefficient (Wildman–Crippen LogP) is 20.0. The third kappa shape index (κ3) is 55.9. The van der Waals surface area contributed by atoms with Crippen molar-refractivity contribution in [1.82, 2.24) is 0 Å². The second-order valence-corrected chi connectivity index (χ2v) is 19.9. The van der Waals surface area contributed by atoms with E-state index in [-0.39, 0.29) is 31.1 Å². The Morgan fingerprint density at radius 1 is 0.304 bits per heavy atom. The highest BCUT2D eigenvalue weighted by Gasteiger charge is 2.19. The van der Waals surface area contributed by atoms with E-state index in [2.05, 4.69) is 81.5 Å². The van der Waals surface area contributed by atoms with Crippen molar-refractivity contribution in [1.29, 1.82) is 0 Å². The molecule has 0 saturated heterocycles. The minimum atomic E-state index is -0.773. The summed E-state index contributed by atoms with van der Waals surface area (Å²) in [6.45, 7) is 6.50. The molecular weight excluding hydrogens is 853 g/mol. The summed E-state index contributed by atoms with van der Waals surface area (Å²) in [5.74, 6) is -0.877. The molecule has 0 aromatic carbocycles. The van der Waals surface area contributed by atoms with Crippen LogP contribution in [-0.2, 0) is 28.6 Å². The van der Waals surface area contributed by atoms with Crippen LogP contribution in [0.15, 0.2) is 60.8 Å². The number of carbonyl (C=O) groups excluding carboxylic acids is 3. The summed E-state index contributed by atoms with van der Waals surface area (Å²) in [5.41, 5.74) is 0. The zero-order valence-electron chi connectivity index (χ0n) is 45.8. The summed E-state index contributed by atoms with van der Waals surface area (Å²) >= 11 is 0. The maximum absolute atomic E-state index is 12.8. The molecule has 0 fully saturated rings. The summed E-state index contributed by atoms with van der Waals surface area (Å²) in [4.78, 5) is 37.9. The third-order valence-electron chi connectivity index (χ3n) is 13.0. The molecule has 0 aromatic heterocycles. The number of esters is 3. The van der Waals surface area contributed by atoms with Gasteiger partial charge in [-0.05, 0) is 83.5 Å². The van der Waals surface area contributed by atoms with Gasteiger partial charge in [0.25, 0.3) is 0 Å². The molecule has 0 radical (unpaired) electrons. The molecule has 0 rings (SSSR count). The van der Waals surface area contributed by atoms with Crippen LogP contribution in [0, 0.1) is 0 Å². The Morgan fingerprint density at radius 3 is 0.899 bits per heavy atom. The largest absolute Gasteiger partial charge is 0.462 e. The predicted molar refractivity (Wildman–Crippen MR) is 298 cm³/mol. The van der Waals surface area contributed by atoms with Crippen LogP contribution >= 0.6 is 0 Å². The molecule has 0 aliphatic rings. The van der Waals surface area contributed by atoms with Crippen LogP contribution in [0.3, 0.4) is 0 Å². The molecule has 6 nitrogen and oxygen atoms in total. The smallest absolute Gasteiger partial charge is 0.306 e. The number of unbranched alkanes of at least 4 members (excludes halogenated alkanes) is 33. The molecule has 400 valence electrons. The highest BCUT2D eigenvalue weighted by molar-refractivity contribution is 5.71. The Hall–Kier alpha value is -2.89. The van der Waals surface area contributed by atoms with Gasteiger partial charge in [-0.15, -0.1) is 0 Å². The number of ether oxygens (including phenoxy) is 3. The summed E-state index contributed by atoms with van der Waals surface area (Å²) < 4.78 is 16.8. The average Bonchev–Trinajstić information content (AvgIpc) is 3.35. The van der Waals surface area contributed by atoms with E-state index >= 15 is 0 Å². The van der Waals surface area contributed by atoms with Gasteiger partial charge in [-0.1, -0.05) is 261 Å². The van der Waals surface area contributed by atoms with Gasteiger partial charge in [-0.2, -0.15) is 0 Å². The molecule has 1 unspecified atom stereocenters. The van der Waals surface area contributed by atoms with Gasteiger partial charge in [0.15, 0.2) is 6.10 Å². The van der Waals surface area contributed by atoms with Crippen LogP contribution in [-0.4, -0.2) is 37.2 Å². The zero-order chi connectivity index (χ0) is 50.0. The normalized spacial score (nSPS) is 12.4. The monoisotopic (exact) mass is 965 g/mol. The van der Waals surface area contributed by atoms with Crippen LogP contribution < -0.4 is 0 Å². The standard InChI is InChI=1S/C63H112O6/c1-4-7-10-13-16-18-20-22-24-25-26-27-28-29-30-31-32-33-34-35-36-37-39-40-42-44-47-50-53-56-62(65)68-59-60(58-67-61(64)55-52-49-46-15-12-9-6-3)69-63(66)57-54-51-48-45-43-41-38-23-21-19-17-14-11-8-5-2/h7,10,16,18,22-24,26-27,38,60H,4-6,8-9,11-15,17,19-21,25,28-37,39-59H2,1-3H3/b10-7-,18-16-,24-22-,27-26-,38-23-. The summed E-state index contributed by atoms with van der Waals surface area (Å²) in [6.07, 6.45) is 72.5. The molecule has 0 heterocycles. The lowest BCUT2D eigenvalue weighted by Gasteiger charge is -2.18. The first-order valence-corrected chi connectivity index (χ1v) is 29.8. The van der Waals surface area contributed by atoms with Gasteiger partial charge in [0.1, 0.15) is 13.2 Å². The zero-order valence-corrected chi connectivity index (χ0v) is 45.8. The van der Waals surface area contributed by atoms with Gasteiger partial charge in [-0.25, -0.2) is 0 Å². The van der Waals surface area contributed by atoms with Gasteiger partial charge < -0.3 is 14.2 Å². The molecule has 0 aliphatic heterocycles. The molecular formula is C63H112O6. The Kier molecular flexibility index (Phi) is 55.3. The van der Waals surface area contributed by atoms with Crippen molar-refractivity contribution in [2.24, 2.45) is 0 Å². The van der Waals surface area contributed by atoms with E-state index in [4.69, 9.17) is 14.2 Å². The topological polar surface area (TPSA) is 78.9 Å². The van der Waals surface area contributed by atoms with Crippen LogP contribution in [0.2, 0.25) is 0 Å². The first-order chi connectivity index (χ1) is 34.0. The van der Waals surface area contributed by atoms with Crippen molar-refractivity contribution in [2.45, 2.75) is 309 Å². The fourth-order valence-corrected chi connectivity index (χ4v) is 8.55. The van der Waals surface area contributed by atoms with Crippen molar-refractivity contribution in [3.8, 4) is 0 Å². The second kappa shape index (κ2) is 57.7. The van der Waals surface area contributed by atoms with E-state index in [1.807, 2.05) is 0 Å². The minimum Gasteiger partial charge on any atom is -0.462 e. The Morgan fingerprint density at radius 2 is 0.565 bits per heavy atom. The second-order valence-electron chi connectivity index (χ2n) is 19.9. The molecule has 1 atom stereocenters. The van der Waals surface area contributed by atoms with Crippen molar-refractivity contribution >= 4 is 17.9 Å². The fraction of sp³-hybridized carbons (Fsp3) is 0.794. The number of hydrogen-bond donors (Lipinski definition) is 0. The quantitative estimate of drug-likeness (QED) is 0.0262. The van der Waals surface area contributed by atoms with E-state index in [1.54, 1.807) is 0 Å². The summed E-state index contributed by atoms with van der Waals surface area (Å²) in [6, 6.07) is 0. The Balaban J connectivity index is 4.06. The first-order valence-electron chi connectivity index (χ1n) is 29.8. The van der Waals surface area contributed by atoms with Gasteiger partial charge in [0.2, 0.25) is 0 Å². The Bertz CT molecular complexity index is 1250. The van der Waals surface area contributed by atoms with E-state index in [0.717, 1.165) is 89.9 Å². The highest BCUT2D eigenvalue weighted by atomic mass is 16.6. The van der Waals surface area contributed by atoms with Gasteiger partial charge in [-0.3, -0.25) is 14.4 Å². The van der Waals surface area contributed by atoms with Crippen LogP contribution in [0.1, 0.15) is 303 Å². The van der Waals surface area contributed by atoms with Gasteiger partial charge >= 0.3 is 17.9 Å². The van der Waals surface area contributed by atoms with Crippen molar-refractivity contribution < 1.29 is 28.6 Å². The van der Waals surface area contributed by atoms with E-state index < -0.39 is 6.10 Å². The van der Waals surface area contributed by atoms with Crippen molar-refractivity contribution in [2.75, 3.05) is 13.2 Å². The van der Waals surface area contributed by atoms with E-state index in [0.29, 0.717) is 19.3 Å². The molecule has 6 heteroatoms. The van der Waals surface area contributed by atoms with E-state index in [1.165, 1.54) is 173 Å². The highest BCUT2D eigenvalue weighted by Crippen LogP contribution is 2.16. The van der Waals surface area contributed by atoms with Crippen LogP contribution in [0.4, 0.5) is 0 Å². The number of carbonyl (C=O) groups is 3. The van der Waals surface area contributed by atoms with Crippen molar-refractivity contribution in [3.05, 3.63) is 60.8 Å². The Labute approximate surface area is 428 Å². The summed E-state index contributed by atoms with van der Waals surface area (Å²) in [7, 11) is 0. The lowest BCUT2D eigenvalue weighted by Crippen LogP contribution is -2.30. The molecule has 0 N–H and O–H groups in total. The molecule has 0 saturated carbocycles. The number of hydrogen-bond acceptors (Lipinski definition) is 6. The minimum absolute atomic E-state index is 0.0740. The maximum atomic E-state index is 12.8. The van der Waals surface area contributed by atoms with Crippen LogP contribution in [0.5, 0.6) is 0 Å². The molecule has 0 aromatic rings. The molecule has 0 aliphatic carbocycles. The third-order valence-corrected chi connectivity index (χ3v) is 13.0. The lowest BCUT2D eigenvalue weighted by molar-refractivity contribution is -0.167. The lowest BCUT2D eigenvalue weighted by atomic mass is 10.0. The molecule has 0 spiro atoms. The molecule has 0 amide bonds. The average molecular weight is 966 g/mol. The fourth-order valence-electron chi connectivity index (χ4n) is 8.55. The van der Waals surface area contributed by atoms with Gasteiger partial charge in [0, 0.05) is 19.3 Å². The van der Waals surface area contributed by atoms with Gasteiger partial charge in [0.05, 0.1) is 0 Å². The molecule has 0 bridgehead atoms. The summed E-state index contributed by atoms with van der Waals surface area (Å²) in [5, 5.41) is 0.